The van der Waals surface area contributed by atoms with Crippen LogP contribution in [0.2, 0.25) is 0 Å². The standard InChI is InChI=1S/C20H23N3O/c1-14-8-10-16(11-9-14)22-18(24)13-21-19-17-7-5-4-6-15(17)12-20(2,3)23-19/h4-11H,12-13H2,1-3H3,(H,21,23)(H,22,24). The van der Waals surface area contributed by atoms with Crippen molar-refractivity contribution in [2.24, 2.45) is 4.99 Å². The van der Waals surface area contributed by atoms with E-state index in [0.717, 1.165) is 23.5 Å². The Morgan fingerprint density at radius 3 is 2.62 bits per heavy atom. The second-order valence-corrected chi connectivity index (χ2v) is 6.92. The number of carbonyl (C=O) groups is 1. The van der Waals surface area contributed by atoms with Crippen molar-refractivity contribution in [2.75, 3.05) is 11.9 Å². The molecule has 0 saturated carbocycles. The van der Waals surface area contributed by atoms with E-state index in [-0.39, 0.29) is 18.0 Å². The molecule has 2 aromatic carbocycles. The summed E-state index contributed by atoms with van der Waals surface area (Å²) in [7, 11) is 0. The Hall–Kier alpha value is -2.62. The van der Waals surface area contributed by atoms with Gasteiger partial charge in [-0.3, -0.25) is 9.79 Å². The summed E-state index contributed by atoms with van der Waals surface area (Å²) in [4.78, 5) is 16.7. The molecule has 0 bridgehead atoms. The molecule has 0 aromatic heterocycles. The molecule has 0 fully saturated rings. The van der Waals surface area contributed by atoms with Crippen molar-refractivity contribution in [1.29, 1.82) is 0 Å². The Bertz CT molecular complexity index is 776. The summed E-state index contributed by atoms with van der Waals surface area (Å²) in [6.45, 7) is 6.40. The highest BCUT2D eigenvalue weighted by Gasteiger charge is 2.28. The Kier molecular flexibility index (Phi) is 4.38. The molecule has 1 aliphatic heterocycles. The summed E-state index contributed by atoms with van der Waals surface area (Å²) in [5.74, 6) is 0.676. The minimum absolute atomic E-state index is 0.0688. The fourth-order valence-corrected chi connectivity index (χ4v) is 2.93. The lowest BCUT2D eigenvalue weighted by molar-refractivity contribution is -0.114. The fourth-order valence-electron chi connectivity index (χ4n) is 2.93. The third-order valence-electron chi connectivity index (χ3n) is 4.08. The summed E-state index contributed by atoms with van der Waals surface area (Å²) >= 11 is 0. The van der Waals surface area contributed by atoms with E-state index in [0.29, 0.717) is 0 Å². The summed E-state index contributed by atoms with van der Waals surface area (Å²) < 4.78 is 0. The smallest absolute Gasteiger partial charge is 0.246 e. The van der Waals surface area contributed by atoms with Gasteiger partial charge in [0.2, 0.25) is 5.91 Å². The monoisotopic (exact) mass is 321 g/mol. The van der Waals surface area contributed by atoms with Crippen LogP contribution in [-0.4, -0.2) is 23.8 Å². The molecule has 4 nitrogen and oxygen atoms in total. The summed E-state index contributed by atoms with van der Waals surface area (Å²) in [6, 6.07) is 16.0. The van der Waals surface area contributed by atoms with Crippen molar-refractivity contribution >= 4 is 17.4 Å². The fraction of sp³-hybridized carbons (Fsp3) is 0.300. The van der Waals surface area contributed by atoms with Gasteiger partial charge in [-0.2, -0.15) is 0 Å². The van der Waals surface area contributed by atoms with Gasteiger partial charge in [-0.15, -0.1) is 0 Å². The number of hydrogen-bond acceptors (Lipinski definition) is 2. The first kappa shape index (κ1) is 16.2. The number of rotatable bonds is 3. The molecule has 4 heteroatoms. The highest BCUT2D eigenvalue weighted by molar-refractivity contribution is 6.03. The van der Waals surface area contributed by atoms with E-state index in [1.165, 1.54) is 11.1 Å². The lowest BCUT2D eigenvalue weighted by Gasteiger charge is -2.34. The van der Waals surface area contributed by atoms with Gasteiger partial charge in [-0.25, -0.2) is 0 Å². The largest absolute Gasteiger partial charge is 0.365 e. The molecule has 3 rings (SSSR count). The molecule has 0 radical (unpaired) electrons. The van der Waals surface area contributed by atoms with Gasteiger partial charge in [0.25, 0.3) is 0 Å². The lowest BCUT2D eigenvalue weighted by Crippen LogP contribution is -2.49. The van der Waals surface area contributed by atoms with Crippen LogP contribution in [0, 0.1) is 6.92 Å². The first-order valence-corrected chi connectivity index (χ1v) is 8.20. The van der Waals surface area contributed by atoms with Crippen LogP contribution in [0.15, 0.2) is 53.5 Å². The summed E-state index contributed by atoms with van der Waals surface area (Å²) in [6.07, 6.45) is 0.942. The van der Waals surface area contributed by atoms with Crippen LogP contribution in [0.3, 0.4) is 0 Å². The number of carbonyl (C=O) groups excluding carboxylic acids is 1. The highest BCUT2D eigenvalue weighted by Crippen LogP contribution is 2.23. The zero-order valence-electron chi connectivity index (χ0n) is 14.4. The summed E-state index contributed by atoms with van der Waals surface area (Å²) in [5.41, 5.74) is 4.24. The van der Waals surface area contributed by atoms with E-state index in [2.05, 4.69) is 35.5 Å². The zero-order valence-corrected chi connectivity index (χ0v) is 14.4. The van der Waals surface area contributed by atoms with Gasteiger partial charge < -0.3 is 10.6 Å². The van der Waals surface area contributed by atoms with E-state index in [9.17, 15) is 4.79 Å². The normalized spacial score (nSPS) is 17.0. The average Bonchev–Trinajstić information content (AvgIpc) is 2.54. The Balaban J connectivity index is 1.74. The van der Waals surface area contributed by atoms with E-state index in [4.69, 9.17) is 0 Å². The van der Waals surface area contributed by atoms with E-state index < -0.39 is 0 Å². The molecule has 24 heavy (non-hydrogen) atoms. The average molecular weight is 321 g/mol. The Morgan fingerprint density at radius 1 is 1.17 bits per heavy atom. The number of benzene rings is 2. The Labute approximate surface area is 143 Å². The van der Waals surface area contributed by atoms with Crippen LogP contribution in [0.1, 0.15) is 30.5 Å². The van der Waals surface area contributed by atoms with Gasteiger partial charge >= 0.3 is 0 Å². The number of amides is 1. The van der Waals surface area contributed by atoms with Gasteiger partial charge in [-0.1, -0.05) is 42.0 Å². The molecule has 0 atom stereocenters. The maximum atomic E-state index is 12.2. The van der Waals surface area contributed by atoms with Crippen molar-refractivity contribution in [3.8, 4) is 0 Å². The maximum Gasteiger partial charge on any atom is 0.246 e. The second-order valence-electron chi connectivity index (χ2n) is 6.92. The van der Waals surface area contributed by atoms with Crippen molar-refractivity contribution in [1.82, 2.24) is 5.32 Å². The highest BCUT2D eigenvalue weighted by atomic mass is 16.1. The number of nitrogens with one attached hydrogen (secondary N) is 2. The number of aryl methyl sites for hydroxylation is 1. The van der Waals surface area contributed by atoms with Crippen molar-refractivity contribution in [3.05, 3.63) is 65.2 Å². The molecule has 1 aliphatic rings. The first-order chi connectivity index (χ1) is 11.4. The molecular weight excluding hydrogens is 298 g/mol. The molecule has 0 spiro atoms. The molecule has 0 aliphatic carbocycles. The number of amidine groups is 1. The molecule has 0 saturated heterocycles. The SMILES string of the molecule is Cc1ccc(NC(=O)CN=C2NC(C)(C)Cc3ccccc32)cc1. The van der Waals surface area contributed by atoms with E-state index in [1.54, 1.807) is 0 Å². The van der Waals surface area contributed by atoms with Crippen molar-refractivity contribution in [3.63, 3.8) is 0 Å². The number of fused-ring (bicyclic) bond motifs is 1. The topological polar surface area (TPSA) is 53.5 Å². The van der Waals surface area contributed by atoms with Crippen LogP contribution in [0.5, 0.6) is 0 Å². The van der Waals surface area contributed by atoms with Crippen molar-refractivity contribution in [2.45, 2.75) is 32.7 Å². The Morgan fingerprint density at radius 2 is 1.88 bits per heavy atom. The minimum Gasteiger partial charge on any atom is -0.365 e. The van der Waals surface area contributed by atoms with Gasteiger partial charge in [0.15, 0.2) is 0 Å². The van der Waals surface area contributed by atoms with Gasteiger partial charge in [0, 0.05) is 16.8 Å². The molecule has 0 unspecified atom stereocenters. The molecule has 1 amide bonds. The maximum absolute atomic E-state index is 12.2. The predicted octanol–water partition coefficient (Wildman–Crippen LogP) is 3.30. The number of anilines is 1. The van der Waals surface area contributed by atoms with E-state index in [1.807, 2.05) is 49.4 Å². The van der Waals surface area contributed by atoms with Gasteiger partial charge in [0.05, 0.1) is 0 Å². The van der Waals surface area contributed by atoms with E-state index >= 15 is 0 Å². The minimum atomic E-state index is -0.117. The molecular formula is C20H23N3O. The lowest BCUT2D eigenvalue weighted by atomic mass is 9.87. The molecule has 2 N–H and O–H groups in total. The predicted molar refractivity (Wildman–Crippen MR) is 98.6 cm³/mol. The molecule has 1 heterocycles. The van der Waals surface area contributed by atoms with Crippen molar-refractivity contribution < 1.29 is 4.79 Å². The zero-order chi connectivity index (χ0) is 17.2. The third-order valence-corrected chi connectivity index (χ3v) is 4.08. The molecule has 2 aromatic rings. The van der Waals surface area contributed by atoms with Crippen LogP contribution < -0.4 is 10.6 Å². The molecule has 124 valence electrons. The third kappa shape index (κ3) is 3.82. The summed E-state index contributed by atoms with van der Waals surface area (Å²) in [5, 5.41) is 6.33. The number of nitrogens with zero attached hydrogens (tertiary/aromatic N) is 1. The van der Waals surface area contributed by atoms with Gasteiger partial charge in [-0.05, 0) is 44.9 Å². The van der Waals surface area contributed by atoms with Crippen LogP contribution in [-0.2, 0) is 11.2 Å². The van der Waals surface area contributed by atoms with Gasteiger partial charge in [0.1, 0.15) is 12.4 Å². The van der Waals surface area contributed by atoms with Crippen LogP contribution >= 0.6 is 0 Å². The number of aliphatic imine (C=N–C) groups is 1. The van der Waals surface area contributed by atoms with Crippen LogP contribution in [0.25, 0.3) is 0 Å². The number of hydrogen-bond donors (Lipinski definition) is 2. The quantitative estimate of drug-likeness (QED) is 0.911. The second kappa shape index (κ2) is 6.48. The first-order valence-electron chi connectivity index (χ1n) is 8.20. The van der Waals surface area contributed by atoms with Crippen LogP contribution in [0.4, 0.5) is 5.69 Å².